The smallest absolute Gasteiger partial charge is 0.306 e. The maximum absolute atomic E-state index is 12.1. The molecule has 0 aliphatic rings. The van der Waals surface area contributed by atoms with Crippen LogP contribution in [0.25, 0.3) is 0 Å². The molecule has 0 radical (unpaired) electrons. The lowest BCUT2D eigenvalue weighted by atomic mass is 10.1. The first-order chi connectivity index (χ1) is 25.6. The molecule has 0 saturated heterocycles. The van der Waals surface area contributed by atoms with Crippen molar-refractivity contribution in [1.29, 1.82) is 0 Å². The van der Waals surface area contributed by atoms with Crippen molar-refractivity contribution in [2.45, 2.75) is 161 Å². The summed E-state index contributed by atoms with van der Waals surface area (Å²) in [7, 11) is 0. The van der Waals surface area contributed by atoms with Crippen LogP contribution in [-0.2, 0) is 19.1 Å². The van der Waals surface area contributed by atoms with Crippen molar-refractivity contribution in [1.82, 2.24) is 0 Å². The van der Waals surface area contributed by atoms with Crippen molar-refractivity contribution in [2.24, 2.45) is 0 Å². The molecule has 1 N–H and O–H groups in total. The summed E-state index contributed by atoms with van der Waals surface area (Å²) in [6.07, 6.45) is 60.5. The van der Waals surface area contributed by atoms with Crippen LogP contribution in [0.1, 0.15) is 155 Å². The molecule has 52 heavy (non-hydrogen) atoms. The lowest BCUT2D eigenvalue weighted by molar-refractivity contribution is -0.161. The van der Waals surface area contributed by atoms with E-state index in [-0.39, 0.29) is 25.2 Å². The Labute approximate surface area is 319 Å². The highest BCUT2D eigenvalue weighted by atomic mass is 16.6. The molecule has 0 rings (SSSR count). The summed E-state index contributed by atoms with van der Waals surface area (Å²) in [5, 5.41) is 9.47. The number of allylic oxidation sites excluding steroid dienone is 18. The molecule has 0 aromatic heterocycles. The Hall–Kier alpha value is -3.44. The van der Waals surface area contributed by atoms with E-state index in [1.807, 2.05) is 0 Å². The highest BCUT2D eigenvalue weighted by Crippen LogP contribution is 2.10. The van der Waals surface area contributed by atoms with Crippen molar-refractivity contribution >= 4 is 11.9 Å². The maximum atomic E-state index is 12.1. The number of unbranched alkanes of at least 4 members (excludes halogenated alkanes) is 9. The van der Waals surface area contributed by atoms with Crippen LogP contribution in [0.5, 0.6) is 0 Å². The Bertz CT molecular complexity index is 1090. The molecular weight excluding hydrogens is 645 g/mol. The third-order valence-electron chi connectivity index (χ3n) is 8.08. The molecule has 0 saturated carbocycles. The van der Waals surface area contributed by atoms with Crippen LogP contribution in [0.2, 0.25) is 0 Å². The minimum absolute atomic E-state index is 0.0812. The molecule has 0 bridgehead atoms. The second-order valence-corrected chi connectivity index (χ2v) is 13.0. The van der Waals surface area contributed by atoms with Gasteiger partial charge in [0.1, 0.15) is 6.61 Å². The minimum atomic E-state index is -0.784. The lowest BCUT2D eigenvalue weighted by Crippen LogP contribution is -2.28. The molecule has 1 unspecified atom stereocenters. The minimum Gasteiger partial charge on any atom is -0.462 e. The quantitative estimate of drug-likeness (QED) is 0.0401. The van der Waals surface area contributed by atoms with Crippen molar-refractivity contribution in [3.63, 3.8) is 0 Å². The van der Waals surface area contributed by atoms with Crippen LogP contribution in [0, 0.1) is 0 Å². The molecule has 5 nitrogen and oxygen atoms in total. The number of esters is 2. The zero-order valence-corrected chi connectivity index (χ0v) is 33.0. The fourth-order valence-corrected chi connectivity index (χ4v) is 5.01. The van der Waals surface area contributed by atoms with E-state index in [9.17, 15) is 14.7 Å². The highest BCUT2D eigenvalue weighted by Gasteiger charge is 2.16. The topological polar surface area (TPSA) is 72.8 Å². The number of aliphatic hydroxyl groups excluding tert-OH is 1. The summed E-state index contributed by atoms with van der Waals surface area (Å²) >= 11 is 0. The first kappa shape index (κ1) is 48.6. The van der Waals surface area contributed by atoms with Gasteiger partial charge in [-0.25, -0.2) is 0 Å². The Morgan fingerprint density at radius 1 is 0.462 bits per heavy atom. The fraction of sp³-hybridized carbons (Fsp3) is 0.574. The first-order valence-corrected chi connectivity index (χ1v) is 20.4. The molecule has 0 aromatic carbocycles. The van der Waals surface area contributed by atoms with E-state index < -0.39 is 6.10 Å². The van der Waals surface area contributed by atoms with Gasteiger partial charge in [0, 0.05) is 12.8 Å². The molecule has 0 heterocycles. The standard InChI is InChI=1S/C47H74O5/c1-3-5-7-9-10-11-12-13-14-15-16-17-18-19-20-21-22-23-24-25-26-27-28-29-30-31-32-33-34-35-36-38-40-42-47(50)52-45(43-48)44-51-46(49)41-39-37-8-6-4-2/h5,7,10-11,13-14,16-17,19-20,22-23,25-26,28-29,31-32,45,48H,3-4,6,8-9,12,15,18,21,24,27,30,33-44H2,1-2H3/b7-5-,11-10-,14-13-,17-16-,20-19-,23-22-,26-25-,29-28-,32-31-. The molecule has 0 aromatic rings. The molecule has 0 amide bonds. The van der Waals surface area contributed by atoms with Crippen LogP contribution < -0.4 is 0 Å². The van der Waals surface area contributed by atoms with Gasteiger partial charge < -0.3 is 14.6 Å². The van der Waals surface area contributed by atoms with Crippen molar-refractivity contribution in [3.8, 4) is 0 Å². The Morgan fingerprint density at radius 3 is 1.25 bits per heavy atom. The van der Waals surface area contributed by atoms with Gasteiger partial charge in [0.15, 0.2) is 6.10 Å². The van der Waals surface area contributed by atoms with E-state index >= 15 is 0 Å². The van der Waals surface area contributed by atoms with Crippen LogP contribution in [0.3, 0.4) is 0 Å². The average Bonchev–Trinajstić information content (AvgIpc) is 3.15. The molecule has 292 valence electrons. The molecule has 0 spiro atoms. The molecule has 0 aliphatic carbocycles. The normalized spacial score (nSPS) is 13.4. The third kappa shape index (κ3) is 39.3. The summed E-state index contributed by atoms with van der Waals surface area (Å²) in [6, 6.07) is 0. The van der Waals surface area contributed by atoms with E-state index in [1.165, 1.54) is 6.42 Å². The van der Waals surface area contributed by atoms with Gasteiger partial charge in [-0.15, -0.1) is 0 Å². The van der Waals surface area contributed by atoms with Gasteiger partial charge in [-0.3, -0.25) is 9.59 Å². The van der Waals surface area contributed by atoms with Gasteiger partial charge in [-0.2, -0.15) is 0 Å². The van der Waals surface area contributed by atoms with Crippen LogP contribution >= 0.6 is 0 Å². The number of carbonyl (C=O) groups excluding carboxylic acids is 2. The molecule has 0 fully saturated rings. The highest BCUT2D eigenvalue weighted by molar-refractivity contribution is 5.70. The van der Waals surface area contributed by atoms with Gasteiger partial charge >= 0.3 is 11.9 Å². The van der Waals surface area contributed by atoms with Gasteiger partial charge in [0.05, 0.1) is 6.61 Å². The number of ether oxygens (including phenoxy) is 2. The Balaban J connectivity index is 3.66. The molecular formula is C47H74O5. The summed E-state index contributed by atoms with van der Waals surface area (Å²) in [6.45, 7) is 3.89. The summed E-state index contributed by atoms with van der Waals surface area (Å²) in [5.74, 6) is -0.639. The van der Waals surface area contributed by atoms with Crippen molar-refractivity contribution < 1.29 is 24.2 Å². The zero-order valence-electron chi connectivity index (χ0n) is 33.0. The van der Waals surface area contributed by atoms with Crippen LogP contribution in [0.4, 0.5) is 0 Å². The Kier molecular flexibility index (Phi) is 39.2. The fourth-order valence-electron chi connectivity index (χ4n) is 5.01. The predicted molar refractivity (Wildman–Crippen MR) is 223 cm³/mol. The number of carbonyl (C=O) groups is 2. The average molecular weight is 719 g/mol. The zero-order chi connectivity index (χ0) is 37.8. The SMILES string of the molecule is CC/C=C\C/C=C\C/C=C\C/C=C\C/C=C\C/C=C\C/C=C\C/C=C\C/C=C\CCCCCCCC(=O)OC(CO)COC(=O)CCCCCCC. The summed E-state index contributed by atoms with van der Waals surface area (Å²) in [4.78, 5) is 23.9. The van der Waals surface area contributed by atoms with E-state index in [4.69, 9.17) is 9.47 Å². The largest absolute Gasteiger partial charge is 0.462 e. The van der Waals surface area contributed by atoms with Crippen LogP contribution in [0.15, 0.2) is 109 Å². The van der Waals surface area contributed by atoms with Gasteiger partial charge in [-0.1, -0.05) is 168 Å². The van der Waals surface area contributed by atoms with Gasteiger partial charge in [0.25, 0.3) is 0 Å². The number of hydrogen-bond acceptors (Lipinski definition) is 5. The molecule has 1 atom stereocenters. The summed E-state index contributed by atoms with van der Waals surface area (Å²) in [5.41, 5.74) is 0. The maximum Gasteiger partial charge on any atom is 0.306 e. The van der Waals surface area contributed by atoms with Gasteiger partial charge in [0.2, 0.25) is 0 Å². The lowest BCUT2D eigenvalue weighted by Gasteiger charge is -2.15. The molecule has 5 heteroatoms. The molecule has 0 aliphatic heterocycles. The van der Waals surface area contributed by atoms with Crippen LogP contribution in [-0.4, -0.2) is 36.4 Å². The third-order valence-corrected chi connectivity index (χ3v) is 8.08. The monoisotopic (exact) mass is 719 g/mol. The van der Waals surface area contributed by atoms with Crippen molar-refractivity contribution in [2.75, 3.05) is 13.2 Å². The van der Waals surface area contributed by atoms with Crippen molar-refractivity contribution in [3.05, 3.63) is 109 Å². The number of hydrogen-bond donors (Lipinski definition) is 1. The summed E-state index contributed by atoms with van der Waals surface area (Å²) < 4.78 is 10.5. The van der Waals surface area contributed by atoms with E-state index in [0.717, 1.165) is 122 Å². The predicted octanol–water partition coefficient (Wildman–Crippen LogP) is 13.1. The number of rotatable bonds is 35. The first-order valence-electron chi connectivity index (χ1n) is 20.4. The number of aliphatic hydroxyl groups is 1. The van der Waals surface area contributed by atoms with E-state index in [1.54, 1.807) is 0 Å². The second-order valence-electron chi connectivity index (χ2n) is 13.0. The van der Waals surface area contributed by atoms with E-state index in [2.05, 4.69) is 123 Å². The second kappa shape index (κ2) is 42.0. The Morgan fingerprint density at radius 2 is 0.827 bits per heavy atom. The van der Waals surface area contributed by atoms with Gasteiger partial charge in [-0.05, 0) is 83.5 Å². The van der Waals surface area contributed by atoms with E-state index in [0.29, 0.717) is 12.8 Å².